The van der Waals surface area contributed by atoms with E-state index >= 15 is 0 Å². The average molecular weight is 446 g/mol. The van der Waals surface area contributed by atoms with E-state index in [9.17, 15) is 18.0 Å². The van der Waals surface area contributed by atoms with Crippen LogP contribution in [0.3, 0.4) is 0 Å². The zero-order valence-electron chi connectivity index (χ0n) is 18.0. The topological polar surface area (TPSA) is 71.2 Å². The highest BCUT2D eigenvalue weighted by atomic mass is 19.4. The lowest BCUT2D eigenvalue weighted by Gasteiger charge is -2.31. The molecule has 170 valence electrons. The number of aromatic nitrogens is 2. The number of hydrogen-bond acceptors (Lipinski definition) is 5. The van der Waals surface area contributed by atoms with Crippen molar-refractivity contribution in [3.05, 3.63) is 53.6 Å². The van der Waals surface area contributed by atoms with E-state index in [1.165, 1.54) is 6.07 Å². The molecule has 3 rings (SSSR count). The van der Waals surface area contributed by atoms with Crippen LogP contribution >= 0.6 is 0 Å². The second kappa shape index (κ2) is 9.90. The first-order valence-corrected chi connectivity index (χ1v) is 10.5. The Morgan fingerprint density at radius 3 is 2.81 bits per heavy atom. The van der Waals surface area contributed by atoms with Crippen molar-refractivity contribution in [1.82, 2.24) is 9.55 Å². The highest BCUT2D eigenvalue weighted by Gasteiger charge is 2.35. The third kappa shape index (κ3) is 5.13. The molecule has 0 amide bonds. The lowest BCUT2D eigenvalue weighted by Crippen LogP contribution is -2.33. The molecule has 32 heavy (non-hydrogen) atoms. The minimum absolute atomic E-state index is 0.0163. The van der Waals surface area contributed by atoms with Crippen LogP contribution < -0.4 is 4.90 Å². The Morgan fingerprint density at radius 1 is 1.38 bits per heavy atom. The molecule has 1 atom stereocenters. The molecular weight excluding hydrogens is 421 g/mol. The van der Waals surface area contributed by atoms with Crippen molar-refractivity contribution >= 4 is 17.2 Å². The normalized spacial score (nSPS) is 15.9. The van der Waals surface area contributed by atoms with Gasteiger partial charge in [0.15, 0.2) is 0 Å². The molecule has 1 aliphatic rings. The van der Waals surface area contributed by atoms with E-state index in [0.29, 0.717) is 38.2 Å². The van der Waals surface area contributed by atoms with E-state index in [-0.39, 0.29) is 24.0 Å². The summed E-state index contributed by atoms with van der Waals surface area (Å²) in [7, 11) is 0. The first-order chi connectivity index (χ1) is 15.3. The van der Waals surface area contributed by atoms with Crippen molar-refractivity contribution in [3.8, 4) is 6.07 Å². The summed E-state index contributed by atoms with van der Waals surface area (Å²) in [4.78, 5) is 17.8. The van der Waals surface area contributed by atoms with E-state index in [2.05, 4.69) is 11.1 Å². The summed E-state index contributed by atoms with van der Waals surface area (Å²) >= 11 is 0. The van der Waals surface area contributed by atoms with Crippen LogP contribution in [-0.4, -0.2) is 34.7 Å². The number of ether oxygens (including phenoxy) is 1. The SMILES string of the molecule is CCOC(=O)CCn1cncc1C1=CCC(N(CC)c2ccc(C#N)c(C(F)(F)F)c2)C1. The van der Waals surface area contributed by atoms with Crippen molar-refractivity contribution in [2.24, 2.45) is 0 Å². The summed E-state index contributed by atoms with van der Waals surface area (Å²) in [6, 6.07) is 5.47. The van der Waals surface area contributed by atoms with Gasteiger partial charge in [0.25, 0.3) is 0 Å². The van der Waals surface area contributed by atoms with Crippen molar-refractivity contribution in [2.75, 3.05) is 18.1 Å². The Bertz CT molecular complexity index is 1040. The molecule has 2 aromatic rings. The molecule has 1 unspecified atom stereocenters. The number of hydrogen-bond donors (Lipinski definition) is 0. The molecule has 0 bridgehead atoms. The molecule has 6 nitrogen and oxygen atoms in total. The molecule has 0 radical (unpaired) electrons. The number of imidazole rings is 1. The van der Waals surface area contributed by atoms with Gasteiger partial charge in [-0.1, -0.05) is 6.08 Å². The largest absolute Gasteiger partial charge is 0.466 e. The van der Waals surface area contributed by atoms with Crippen LogP contribution in [0.5, 0.6) is 0 Å². The molecule has 9 heteroatoms. The fraction of sp³-hybridized carbons (Fsp3) is 0.435. The van der Waals surface area contributed by atoms with E-state index < -0.39 is 11.7 Å². The van der Waals surface area contributed by atoms with Crippen LogP contribution in [0.2, 0.25) is 0 Å². The summed E-state index contributed by atoms with van der Waals surface area (Å²) in [5, 5.41) is 9.05. The summed E-state index contributed by atoms with van der Waals surface area (Å²) < 4.78 is 47.1. The van der Waals surface area contributed by atoms with Crippen molar-refractivity contribution in [3.63, 3.8) is 0 Å². The highest BCUT2D eigenvalue weighted by molar-refractivity contribution is 5.70. The molecule has 0 N–H and O–H groups in total. The predicted octanol–water partition coefficient (Wildman–Crippen LogP) is 4.80. The number of esters is 1. The van der Waals surface area contributed by atoms with E-state index in [0.717, 1.165) is 17.3 Å². The monoisotopic (exact) mass is 446 g/mol. The van der Waals surface area contributed by atoms with Gasteiger partial charge in [0.1, 0.15) is 0 Å². The zero-order valence-corrected chi connectivity index (χ0v) is 18.0. The minimum Gasteiger partial charge on any atom is -0.466 e. The van der Waals surface area contributed by atoms with Crippen LogP contribution in [0.1, 0.15) is 49.9 Å². The number of alkyl halides is 3. The number of halogens is 3. The van der Waals surface area contributed by atoms with Gasteiger partial charge in [0, 0.05) is 24.8 Å². The maximum Gasteiger partial charge on any atom is 0.417 e. The number of benzene rings is 1. The van der Waals surface area contributed by atoms with Gasteiger partial charge in [0.05, 0.1) is 48.4 Å². The van der Waals surface area contributed by atoms with Gasteiger partial charge in [-0.2, -0.15) is 18.4 Å². The van der Waals surface area contributed by atoms with E-state index in [1.807, 2.05) is 16.4 Å². The minimum atomic E-state index is -4.59. The lowest BCUT2D eigenvalue weighted by atomic mass is 10.0. The quantitative estimate of drug-likeness (QED) is 0.545. The Morgan fingerprint density at radius 2 is 2.16 bits per heavy atom. The van der Waals surface area contributed by atoms with Gasteiger partial charge in [-0.15, -0.1) is 0 Å². The van der Waals surface area contributed by atoms with Crippen LogP contribution in [0.4, 0.5) is 18.9 Å². The van der Waals surface area contributed by atoms with Gasteiger partial charge in [-0.3, -0.25) is 4.79 Å². The lowest BCUT2D eigenvalue weighted by molar-refractivity contribution is -0.143. The zero-order chi connectivity index (χ0) is 23.3. The standard InChI is InChI=1S/C23H25F3N4O2/c1-3-30(19-8-6-17(13-27)20(12-19)23(24,25)26)18-7-5-16(11-18)21-14-28-15-29(21)10-9-22(31)32-4-2/h5-6,8,12,14-15,18H,3-4,7,9-11H2,1-2H3. The van der Waals surface area contributed by atoms with Gasteiger partial charge in [-0.05, 0) is 50.5 Å². The maximum atomic E-state index is 13.4. The number of nitrogens with zero attached hydrogens (tertiary/aromatic N) is 4. The second-order valence-electron chi connectivity index (χ2n) is 7.48. The molecule has 0 fully saturated rings. The summed E-state index contributed by atoms with van der Waals surface area (Å²) in [6.45, 7) is 4.96. The van der Waals surface area contributed by atoms with E-state index in [4.69, 9.17) is 10.00 Å². The fourth-order valence-corrected chi connectivity index (χ4v) is 4.05. The third-order valence-electron chi connectivity index (χ3n) is 5.54. The summed E-state index contributed by atoms with van der Waals surface area (Å²) in [5.74, 6) is -0.274. The van der Waals surface area contributed by atoms with Crippen LogP contribution in [0.25, 0.3) is 5.57 Å². The molecule has 1 heterocycles. The molecular formula is C23H25F3N4O2. The molecule has 0 spiro atoms. The van der Waals surface area contributed by atoms with Gasteiger partial charge >= 0.3 is 12.1 Å². The summed E-state index contributed by atoms with van der Waals surface area (Å²) in [6.07, 6.45) is 2.43. The highest BCUT2D eigenvalue weighted by Crippen LogP contribution is 2.37. The van der Waals surface area contributed by atoms with Crippen molar-refractivity contribution in [1.29, 1.82) is 5.26 Å². The third-order valence-corrected chi connectivity index (χ3v) is 5.54. The molecule has 0 aliphatic heterocycles. The second-order valence-corrected chi connectivity index (χ2v) is 7.48. The number of carbonyl (C=O) groups excluding carboxylic acids is 1. The van der Waals surface area contributed by atoms with Crippen LogP contribution in [0.15, 0.2) is 36.8 Å². The predicted molar refractivity (Wildman–Crippen MR) is 114 cm³/mol. The fourth-order valence-electron chi connectivity index (χ4n) is 4.05. The Kier molecular flexibility index (Phi) is 7.23. The van der Waals surface area contributed by atoms with Crippen molar-refractivity contribution < 1.29 is 22.7 Å². The van der Waals surface area contributed by atoms with Crippen LogP contribution in [-0.2, 0) is 22.3 Å². The van der Waals surface area contributed by atoms with Gasteiger partial charge < -0.3 is 14.2 Å². The first kappa shape index (κ1) is 23.4. The Balaban J connectivity index is 1.76. The molecule has 0 saturated heterocycles. The number of anilines is 1. The molecule has 1 aromatic carbocycles. The van der Waals surface area contributed by atoms with E-state index in [1.54, 1.807) is 31.6 Å². The number of aryl methyl sites for hydroxylation is 1. The smallest absolute Gasteiger partial charge is 0.417 e. The molecule has 1 aliphatic carbocycles. The number of nitriles is 1. The average Bonchev–Trinajstić information content (AvgIpc) is 3.42. The number of rotatable bonds is 8. The molecule has 0 saturated carbocycles. The Hall–Kier alpha value is -3.28. The molecule has 1 aromatic heterocycles. The maximum absolute atomic E-state index is 13.4. The van der Waals surface area contributed by atoms with Gasteiger partial charge in [-0.25, -0.2) is 4.98 Å². The Labute approximate surface area is 184 Å². The van der Waals surface area contributed by atoms with Crippen LogP contribution in [0, 0.1) is 11.3 Å². The van der Waals surface area contributed by atoms with Crippen molar-refractivity contribution in [2.45, 2.75) is 51.9 Å². The first-order valence-electron chi connectivity index (χ1n) is 10.5. The summed E-state index contributed by atoms with van der Waals surface area (Å²) in [5.41, 5.74) is 1.07. The van der Waals surface area contributed by atoms with Gasteiger partial charge in [0.2, 0.25) is 0 Å². The number of carbonyl (C=O) groups is 1.